The lowest BCUT2D eigenvalue weighted by Gasteiger charge is -2.32. The number of likely N-dealkylation sites (N-methyl/N-ethyl adjacent to an activating group) is 1. The van der Waals surface area contributed by atoms with Crippen molar-refractivity contribution in [2.24, 2.45) is 5.84 Å². The highest BCUT2D eigenvalue weighted by Crippen LogP contribution is 2.20. The third-order valence-corrected chi connectivity index (χ3v) is 4.99. The molecule has 3 amide bonds. The van der Waals surface area contributed by atoms with Crippen LogP contribution in [0.1, 0.15) is 18.2 Å². The summed E-state index contributed by atoms with van der Waals surface area (Å²) < 4.78 is 28.0. The Balaban J connectivity index is 2.40. The summed E-state index contributed by atoms with van der Waals surface area (Å²) in [5.74, 6) is 2.42. The van der Waals surface area contributed by atoms with Gasteiger partial charge in [-0.2, -0.15) is 4.39 Å². The molecule has 1 heterocycles. The van der Waals surface area contributed by atoms with Crippen LogP contribution in [-0.4, -0.2) is 68.8 Å². The van der Waals surface area contributed by atoms with Crippen molar-refractivity contribution in [3.8, 4) is 5.75 Å². The fourth-order valence-corrected chi connectivity index (χ4v) is 3.30. The number of amides is 3. The van der Waals surface area contributed by atoms with Crippen LogP contribution in [0.15, 0.2) is 49.1 Å². The minimum absolute atomic E-state index is 0.00595. The summed E-state index contributed by atoms with van der Waals surface area (Å²) >= 11 is 0. The van der Waals surface area contributed by atoms with Gasteiger partial charge in [0.25, 0.3) is 0 Å². The molecule has 0 unspecified atom stereocenters. The smallest absolute Gasteiger partial charge is 0.246 e. The number of nitrogens with two attached hydrogens (primary N) is 1. The van der Waals surface area contributed by atoms with Crippen LogP contribution in [0.2, 0.25) is 0 Å². The Morgan fingerprint density at radius 3 is 2.59 bits per heavy atom. The van der Waals surface area contributed by atoms with E-state index in [-0.39, 0.29) is 49.5 Å². The number of hydrogen-bond acceptors (Lipinski definition) is 7. The normalized spacial score (nSPS) is 11.7. The molecule has 182 valence electrons. The Bertz CT molecular complexity index is 1040. The zero-order valence-electron chi connectivity index (χ0n) is 18.7. The molecule has 0 saturated heterocycles. The van der Waals surface area contributed by atoms with Crippen LogP contribution >= 0.6 is 0 Å². The number of phenolic OH excluding ortho intramolecular Hbond substituents is 1. The second-order valence-electron chi connectivity index (χ2n) is 7.42. The van der Waals surface area contributed by atoms with Gasteiger partial charge in [-0.05, 0) is 30.7 Å². The topological polar surface area (TPSA) is 120 Å². The van der Waals surface area contributed by atoms with Crippen molar-refractivity contribution in [3.05, 3.63) is 72.1 Å². The lowest BCUT2D eigenvalue weighted by atomic mass is 10.0. The number of aromatic nitrogens is 1. The highest BCUT2D eigenvalue weighted by atomic mass is 19.1. The highest BCUT2D eigenvalue weighted by molar-refractivity contribution is 5.95. The average Bonchev–Trinajstić information content (AvgIpc) is 2.78. The number of halogens is 2. The van der Waals surface area contributed by atoms with Crippen LogP contribution in [0.25, 0.3) is 0 Å². The number of benzene rings is 1. The summed E-state index contributed by atoms with van der Waals surface area (Å²) in [5, 5.41) is 10.6. The Morgan fingerprint density at radius 1 is 1.26 bits per heavy atom. The molecule has 11 heteroatoms. The number of carbonyl (C=O) groups is 3. The molecule has 0 aliphatic heterocycles. The molecule has 1 atom stereocenters. The first-order valence-corrected chi connectivity index (χ1v) is 10.4. The Kier molecular flexibility index (Phi) is 9.77. The zero-order valence-corrected chi connectivity index (χ0v) is 18.7. The SMILES string of the molecule is C=CCN(N)CC(=O)N(C=O)[C@@H](Cc1ccc(O)cc1F)C(=O)N(CC)Cc1cccc(F)n1. The van der Waals surface area contributed by atoms with Crippen LogP contribution in [0.3, 0.4) is 0 Å². The second-order valence-corrected chi connectivity index (χ2v) is 7.42. The fourth-order valence-electron chi connectivity index (χ4n) is 3.30. The molecule has 9 nitrogen and oxygen atoms in total. The van der Waals surface area contributed by atoms with E-state index < -0.39 is 36.2 Å². The molecule has 2 aromatic rings. The number of hydrazine groups is 1. The van der Waals surface area contributed by atoms with Crippen LogP contribution in [0.5, 0.6) is 5.75 Å². The maximum absolute atomic E-state index is 14.5. The Hall–Kier alpha value is -3.70. The van der Waals surface area contributed by atoms with Crippen molar-refractivity contribution in [3.63, 3.8) is 0 Å². The van der Waals surface area contributed by atoms with E-state index in [1.54, 1.807) is 6.92 Å². The van der Waals surface area contributed by atoms with Crippen LogP contribution in [0, 0.1) is 11.8 Å². The molecular weight excluding hydrogens is 448 g/mol. The van der Waals surface area contributed by atoms with Gasteiger partial charge in [0, 0.05) is 25.6 Å². The summed E-state index contributed by atoms with van der Waals surface area (Å²) in [7, 11) is 0. The standard InChI is InChI=1S/C23H27F2N5O4/c1-3-10-29(26)14-22(33)30(15-31)20(11-16-8-9-18(32)12-19(16)24)23(34)28(4-2)13-17-6-5-7-21(25)27-17/h3,5-9,12,15,20,32H,1,4,10-11,13-14,26H2,2H3/t20-/m0/s1. The van der Waals surface area contributed by atoms with Gasteiger partial charge in [0.15, 0.2) is 0 Å². The summed E-state index contributed by atoms with van der Waals surface area (Å²) in [4.78, 5) is 43.9. The molecule has 1 aromatic heterocycles. The molecule has 0 radical (unpaired) electrons. The van der Waals surface area contributed by atoms with Crippen molar-refractivity contribution in [1.82, 2.24) is 19.8 Å². The number of hydrogen-bond donors (Lipinski definition) is 2. The maximum Gasteiger partial charge on any atom is 0.246 e. The van der Waals surface area contributed by atoms with Crippen LogP contribution in [-0.2, 0) is 27.3 Å². The van der Waals surface area contributed by atoms with Gasteiger partial charge in [-0.1, -0.05) is 18.2 Å². The molecule has 3 N–H and O–H groups in total. The zero-order chi connectivity index (χ0) is 25.3. The van der Waals surface area contributed by atoms with E-state index in [9.17, 15) is 28.3 Å². The lowest BCUT2D eigenvalue weighted by molar-refractivity contribution is -0.151. The van der Waals surface area contributed by atoms with Gasteiger partial charge < -0.3 is 10.0 Å². The van der Waals surface area contributed by atoms with Crippen LogP contribution < -0.4 is 5.84 Å². The first-order valence-electron chi connectivity index (χ1n) is 10.4. The Labute approximate surface area is 196 Å². The average molecular weight is 475 g/mol. The number of pyridine rings is 1. The van der Waals surface area contributed by atoms with Crippen molar-refractivity contribution in [2.75, 3.05) is 19.6 Å². The van der Waals surface area contributed by atoms with E-state index in [1.807, 2.05) is 0 Å². The quantitative estimate of drug-likeness (QED) is 0.156. The third kappa shape index (κ3) is 7.15. The van der Waals surface area contributed by atoms with Crippen molar-refractivity contribution in [2.45, 2.75) is 25.9 Å². The molecule has 0 saturated carbocycles. The monoisotopic (exact) mass is 475 g/mol. The summed E-state index contributed by atoms with van der Waals surface area (Å²) in [6.45, 7) is 4.98. The minimum atomic E-state index is -1.42. The van der Waals surface area contributed by atoms with E-state index in [4.69, 9.17) is 5.84 Å². The van der Waals surface area contributed by atoms with E-state index in [0.717, 1.165) is 17.1 Å². The van der Waals surface area contributed by atoms with Gasteiger partial charge in [0.2, 0.25) is 24.2 Å². The number of imide groups is 1. The van der Waals surface area contributed by atoms with Gasteiger partial charge in [-0.25, -0.2) is 14.4 Å². The van der Waals surface area contributed by atoms with E-state index in [0.29, 0.717) is 4.90 Å². The minimum Gasteiger partial charge on any atom is -0.508 e. The Morgan fingerprint density at radius 2 is 2.00 bits per heavy atom. The van der Waals surface area contributed by atoms with Gasteiger partial charge >= 0.3 is 0 Å². The maximum atomic E-state index is 14.5. The third-order valence-electron chi connectivity index (χ3n) is 4.99. The number of rotatable bonds is 12. The first kappa shape index (κ1) is 26.6. The predicted molar refractivity (Wildman–Crippen MR) is 120 cm³/mol. The molecule has 0 spiro atoms. The summed E-state index contributed by atoms with van der Waals surface area (Å²) in [6, 6.07) is 6.06. The van der Waals surface area contributed by atoms with E-state index in [2.05, 4.69) is 11.6 Å². The largest absolute Gasteiger partial charge is 0.508 e. The molecule has 2 rings (SSSR count). The number of carbonyl (C=O) groups excluding carboxylic acids is 3. The molecule has 0 aliphatic rings. The summed E-state index contributed by atoms with van der Waals surface area (Å²) in [6.07, 6.45) is 1.30. The summed E-state index contributed by atoms with van der Waals surface area (Å²) in [5.41, 5.74) is 0.263. The number of aromatic hydroxyl groups is 1. The molecule has 0 fully saturated rings. The molecule has 34 heavy (non-hydrogen) atoms. The van der Waals surface area contributed by atoms with Gasteiger partial charge in [0.1, 0.15) is 17.6 Å². The van der Waals surface area contributed by atoms with E-state index >= 15 is 0 Å². The van der Waals surface area contributed by atoms with Crippen molar-refractivity contribution in [1.29, 1.82) is 0 Å². The fraction of sp³-hybridized carbons (Fsp3) is 0.304. The lowest BCUT2D eigenvalue weighted by Crippen LogP contribution is -2.54. The van der Waals surface area contributed by atoms with Gasteiger partial charge in [-0.3, -0.25) is 25.1 Å². The van der Waals surface area contributed by atoms with Crippen LogP contribution in [0.4, 0.5) is 8.78 Å². The molecule has 1 aromatic carbocycles. The molecular formula is C23H27F2N5O4. The van der Waals surface area contributed by atoms with E-state index in [1.165, 1.54) is 35.2 Å². The second kappa shape index (κ2) is 12.5. The molecule has 0 aliphatic carbocycles. The van der Waals surface area contributed by atoms with Gasteiger partial charge in [-0.15, -0.1) is 6.58 Å². The number of phenols is 1. The molecule has 0 bridgehead atoms. The van der Waals surface area contributed by atoms with Crippen molar-refractivity contribution >= 4 is 18.2 Å². The van der Waals surface area contributed by atoms with Gasteiger partial charge in [0.05, 0.1) is 18.8 Å². The van der Waals surface area contributed by atoms with Crippen molar-refractivity contribution < 1.29 is 28.3 Å². The highest BCUT2D eigenvalue weighted by Gasteiger charge is 2.34. The number of nitrogens with zero attached hydrogens (tertiary/aromatic N) is 4. The first-order chi connectivity index (χ1) is 16.2. The predicted octanol–water partition coefficient (Wildman–Crippen LogP) is 1.37.